The summed E-state index contributed by atoms with van der Waals surface area (Å²) < 4.78 is 6.24. The molecule has 0 aliphatic rings. The molecule has 0 aliphatic heterocycles. The lowest BCUT2D eigenvalue weighted by Crippen LogP contribution is -1.84. The number of methoxy groups -OCH3 is 1. The van der Waals surface area contributed by atoms with Gasteiger partial charge in [-0.2, -0.15) is 5.26 Å². The second kappa shape index (κ2) is 4.67. The first-order valence-electron chi connectivity index (χ1n) is 5.61. The predicted molar refractivity (Wildman–Crippen MR) is 74.1 cm³/mol. The van der Waals surface area contributed by atoms with Crippen LogP contribution in [0, 0.1) is 11.3 Å². The van der Waals surface area contributed by atoms with E-state index < -0.39 is 0 Å². The summed E-state index contributed by atoms with van der Waals surface area (Å²) in [4.78, 5) is 8.51. The molecule has 0 spiro atoms. The number of nitriles is 1. The summed E-state index contributed by atoms with van der Waals surface area (Å²) in [7, 11) is 1.64. The first-order valence-corrected chi connectivity index (χ1v) is 6.42. The van der Waals surface area contributed by atoms with Gasteiger partial charge in [0.2, 0.25) is 0 Å². The molecule has 0 amide bonds. The van der Waals surface area contributed by atoms with Crippen molar-refractivity contribution in [3.8, 4) is 22.4 Å². The number of fused-ring (bicyclic) bond motifs is 1. The minimum absolute atomic E-state index is 0.536. The molecule has 0 unspecified atom stereocenters. The van der Waals surface area contributed by atoms with Crippen molar-refractivity contribution >= 4 is 21.6 Å². The summed E-state index contributed by atoms with van der Waals surface area (Å²) in [5.41, 5.74) is 2.26. The second-order valence-corrected chi connectivity index (χ2v) is 4.92. The number of nitrogens with zero attached hydrogens (tertiary/aromatic N) is 3. The molecule has 2 heterocycles. The highest BCUT2D eigenvalue weighted by Crippen LogP contribution is 2.33. The van der Waals surface area contributed by atoms with Crippen molar-refractivity contribution in [2.24, 2.45) is 0 Å². The van der Waals surface area contributed by atoms with Crippen LogP contribution in [0.15, 0.2) is 36.7 Å². The molecule has 0 N–H and O–H groups in total. The molecule has 1 aromatic carbocycles. The average Bonchev–Trinajstić information content (AvgIpc) is 2.89. The molecular formula is C14H9N3OS. The number of hydrogen-bond donors (Lipinski definition) is 0. The van der Waals surface area contributed by atoms with Crippen molar-refractivity contribution in [3.63, 3.8) is 0 Å². The summed E-state index contributed by atoms with van der Waals surface area (Å²) in [5, 5.41) is 9.93. The Morgan fingerprint density at radius 3 is 3.00 bits per heavy atom. The van der Waals surface area contributed by atoms with Gasteiger partial charge in [-0.3, -0.25) is 4.98 Å². The number of thiazole rings is 1. The van der Waals surface area contributed by atoms with E-state index in [0.717, 1.165) is 26.5 Å². The van der Waals surface area contributed by atoms with Crippen LogP contribution in [-0.2, 0) is 0 Å². The van der Waals surface area contributed by atoms with Crippen LogP contribution in [0.1, 0.15) is 5.56 Å². The molecule has 19 heavy (non-hydrogen) atoms. The fourth-order valence-electron chi connectivity index (χ4n) is 1.82. The highest BCUT2D eigenvalue weighted by molar-refractivity contribution is 7.21. The Morgan fingerprint density at radius 1 is 1.32 bits per heavy atom. The maximum Gasteiger partial charge on any atom is 0.126 e. The lowest BCUT2D eigenvalue weighted by Gasteiger charge is -1.96. The minimum Gasteiger partial charge on any atom is -0.497 e. The van der Waals surface area contributed by atoms with Gasteiger partial charge in [0, 0.05) is 18.0 Å². The van der Waals surface area contributed by atoms with E-state index in [9.17, 15) is 0 Å². The van der Waals surface area contributed by atoms with E-state index in [2.05, 4.69) is 16.0 Å². The largest absolute Gasteiger partial charge is 0.497 e. The van der Waals surface area contributed by atoms with Gasteiger partial charge in [-0.15, -0.1) is 11.3 Å². The topological polar surface area (TPSA) is 58.8 Å². The lowest BCUT2D eigenvalue weighted by atomic mass is 10.2. The average molecular weight is 267 g/mol. The van der Waals surface area contributed by atoms with Crippen molar-refractivity contribution < 1.29 is 4.74 Å². The second-order valence-electron chi connectivity index (χ2n) is 3.89. The Kier molecular flexibility index (Phi) is 2.86. The molecule has 92 valence electrons. The number of ether oxygens (including phenoxy) is 1. The SMILES string of the molecule is COc1ccc2nc(-c3ccncc3C#N)sc2c1. The van der Waals surface area contributed by atoms with E-state index in [1.807, 2.05) is 24.3 Å². The van der Waals surface area contributed by atoms with Crippen molar-refractivity contribution in [1.29, 1.82) is 5.26 Å². The summed E-state index contributed by atoms with van der Waals surface area (Å²) in [6.45, 7) is 0. The molecule has 5 heteroatoms. The zero-order valence-electron chi connectivity index (χ0n) is 10.1. The van der Waals surface area contributed by atoms with Crippen LogP contribution in [0.5, 0.6) is 5.75 Å². The summed E-state index contributed by atoms with van der Waals surface area (Å²) in [6.07, 6.45) is 3.23. The van der Waals surface area contributed by atoms with E-state index >= 15 is 0 Å². The zero-order valence-corrected chi connectivity index (χ0v) is 10.9. The Morgan fingerprint density at radius 2 is 2.21 bits per heavy atom. The zero-order chi connectivity index (χ0) is 13.2. The summed E-state index contributed by atoms with van der Waals surface area (Å²) in [5.74, 6) is 0.804. The van der Waals surface area contributed by atoms with Gasteiger partial charge in [-0.05, 0) is 24.3 Å². The van der Waals surface area contributed by atoms with Gasteiger partial charge in [0.25, 0.3) is 0 Å². The molecule has 0 saturated carbocycles. The van der Waals surface area contributed by atoms with Crippen LogP contribution >= 0.6 is 11.3 Å². The smallest absolute Gasteiger partial charge is 0.126 e. The first-order chi connectivity index (χ1) is 9.31. The fraction of sp³-hybridized carbons (Fsp3) is 0.0714. The third kappa shape index (κ3) is 2.02. The van der Waals surface area contributed by atoms with E-state index in [4.69, 9.17) is 10.00 Å². The molecule has 0 saturated heterocycles. The molecule has 0 aliphatic carbocycles. The summed E-state index contributed by atoms with van der Waals surface area (Å²) >= 11 is 1.54. The van der Waals surface area contributed by atoms with Crippen LogP contribution < -0.4 is 4.74 Å². The highest BCUT2D eigenvalue weighted by Gasteiger charge is 2.10. The Labute approximate surface area is 113 Å². The Balaban J connectivity index is 2.18. The molecule has 4 nitrogen and oxygen atoms in total. The van der Waals surface area contributed by atoms with Crippen molar-refractivity contribution in [1.82, 2.24) is 9.97 Å². The standard InChI is InChI=1S/C14H9N3OS/c1-18-10-2-3-12-13(6-10)19-14(17-12)11-4-5-16-8-9(11)7-15/h2-6,8H,1H3. The molecule has 0 bridgehead atoms. The maximum atomic E-state index is 9.10. The fourth-order valence-corrected chi connectivity index (χ4v) is 2.85. The molecule has 0 atom stereocenters. The monoisotopic (exact) mass is 267 g/mol. The number of benzene rings is 1. The normalized spacial score (nSPS) is 10.3. The first kappa shape index (κ1) is 11.6. The van der Waals surface area contributed by atoms with E-state index in [-0.39, 0.29) is 0 Å². The Hall–Kier alpha value is -2.45. The molecular weight excluding hydrogens is 258 g/mol. The van der Waals surface area contributed by atoms with Gasteiger partial charge in [0.05, 0.1) is 22.9 Å². The molecule has 3 rings (SSSR count). The third-order valence-corrected chi connectivity index (χ3v) is 3.82. The van der Waals surface area contributed by atoms with Crippen LogP contribution in [0.3, 0.4) is 0 Å². The minimum atomic E-state index is 0.536. The highest BCUT2D eigenvalue weighted by atomic mass is 32.1. The number of hydrogen-bond acceptors (Lipinski definition) is 5. The maximum absolute atomic E-state index is 9.10. The van der Waals surface area contributed by atoms with Gasteiger partial charge in [-0.25, -0.2) is 4.98 Å². The third-order valence-electron chi connectivity index (χ3n) is 2.77. The van der Waals surface area contributed by atoms with Gasteiger partial charge in [0.15, 0.2) is 0 Å². The molecule has 3 aromatic rings. The van der Waals surface area contributed by atoms with Gasteiger partial charge in [-0.1, -0.05) is 0 Å². The van der Waals surface area contributed by atoms with Crippen LogP contribution in [0.2, 0.25) is 0 Å². The van der Waals surface area contributed by atoms with E-state index in [0.29, 0.717) is 5.56 Å². The van der Waals surface area contributed by atoms with Gasteiger partial charge >= 0.3 is 0 Å². The van der Waals surface area contributed by atoms with Crippen molar-refractivity contribution in [2.45, 2.75) is 0 Å². The van der Waals surface area contributed by atoms with Crippen LogP contribution in [-0.4, -0.2) is 17.1 Å². The van der Waals surface area contributed by atoms with E-state index in [1.54, 1.807) is 19.5 Å². The van der Waals surface area contributed by atoms with Crippen LogP contribution in [0.4, 0.5) is 0 Å². The Bertz CT molecular complexity index is 789. The molecule has 0 fully saturated rings. The lowest BCUT2D eigenvalue weighted by molar-refractivity contribution is 0.415. The van der Waals surface area contributed by atoms with Gasteiger partial charge in [0.1, 0.15) is 16.8 Å². The van der Waals surface area contributed by atoms with E-state index in [1.165, 1.54) is 11.3 Å². The molecule has 0 radical (unpaired) electrons. The van der Waals surface area contributed by atoms with Gasteiger partial charge < -0.3 is 4.74 Å². The predicted octanol–water partition coefficient (Wildman–Crippen LogP) is 3.24. The van der Waals surface area contributed by atoms with Crippen molar-refractivity contribution in [3.05, 3.63) is 42.2 Å². The number of pyridine rings is 1. The molecule has 2 aromatic heterocycles. The van der Waals surface area contributed by atoms with Crippen molar-refractivity contribution in [2.75, 3.05) is 7.11 Å². The number of aromatic nitrogens is 2. The quantitative estimate of drug-likeness (QED) is 0.715. The number of rotatable bonds is 2. The summed E-state index contributed by atoms with van der Waals surface area (Å²) in [6, 6.07) is 9.70. The van der Waals surface area contributed by atoms with Crippen LogP contribution in [0.25, 0.3) is 20.8 Å².